The van der Waals surface area contributed by atoms with Crippen molar-refractivity contribution < 1.29 is 19.0 Å². The highest BCUT2D eigenvalue weighted by molar-refractivity contribution is 7.98. The Bertz CT molecular complexity index is 798. The average molecular weight is 392 g/mol. The summed E-state index contributed by atoms with van der Waals surface area (Å²) in [6.07, 6.45) is 1.96. The van der Waals surface area contributed by atoms with Gasteiger partial charge in [-0.25, -0.2) is 0 Å². The smallest absolute Gasteiger partial charge is 0.281 e. The van der Waals surface area contributed by atoms with E-state index < -0.39 is 0 Å². The van der Waals surface area contributed by atoms with Crippen molar-refractivity contribution in [2.45, 2.75) is 31.1 Å². The highest BCUT2D eigenvalue weighted by atomic mass is 32.2. The molecule has 2 aromatic rings. The van der Waals surface area contributed by atoms with Gasteiger partial charge in [-0.05, 0) is 18.4 Å². The number of thioether (sulfide) groups is 1. The lowest BCUT2D eigenvalue weighted by Crippen LogP contribution is -3.11. The van der Waals surface area contributed by atoms with Gasteiger partial charge in [0.05, 0.1) is 18.4 Å². The number of nitrogens with one attached hydrogen (secondary N) is 3. The molecule has 7 nitrogen and oxygen atoms in total. The van der Waals surface area contributed by atoms with Crippen molar-refractivity contribution >= 4 is 35.1 Å². The molecule has 0 saturated carbocycles. The van der Waals surface area contributed by atoms with Crippen molar-refractivity contribution in [3.05, 3.63) is 36.0 Å². The van der Waals surface area contributed by atoms with Crippen LogP contribution in [0.2, 0.25) is 0 Å². The van der Waals surface area contributed by atoms with Crippen LogP contribution in [0.15, 0.2) is 39.8 Å². The van der Waals surface area contributed by atoms with Crippen LogP contribution in [-0.4, -0.2) is 43.4 Å². The molecule has 1 atom stereocenters. The molecule has 2 rings (SSSR count). The first-order valence-corrected chi connectivity index (χ1v) is 9.92. The largest absolute Gasteiger partial charge is 0.338 e. The maximum atomic E-state index is 12.2. The molecule has 1 aromatic heterocycles. The molecule has 0 saturated heterocycles. The topological polar surface area (TPSA) is 88.7 Å². The van der Waals surface area contributed by atoms with E-state index in [0.717, 1.165) is 21.2 Å². The number of carbonyl (C=O) groups is 2. The third-order valence-corrected chi connectivity index (χ3v) is 4.64. The van der Waals surface area contributed by atoms with Crippen LogP contribution in [-0.2, 0) is 15.0 Å². The summed E-state index contributed by atoms with van der Waals surface area (Å²) < 4.78 is 5.16. The Morgan fingerprint density at radius 2 is 1.78 bits per heavy atom. The summed E-state index contributed by atoms with van der Waals surface area (Å²) in [7, 11) is 1.79. The van der Waals surface area contributed by atoms with E-state index >= 15 is 0 Å². The molecular formula is C19H27N4O3S+. The number of likely N-dealkylation sites (N-methyl/N-ethyl adjacent to an activating group) is 1. The summed E-state index contributed by atoms with van der Waals surface area (Å²) in [6, 6.07) is 9.34. The van der Waals surface area contributed by atoms with Gasteiger partial charge in [0.2, 0.25) is 5.88 Å². The first-order chi connectivity index (χ1) is 12.7. The third-order valence-electron chi connectivity index (χ3n) is 3.85. The van der Waals surface area contributed by atoms with Crippen LogP contribution in [0, 0.1) is 0 Å². The third kappa shape index (κ3) is 6.41. The van der Waals surface area contributed by atoms with E-state index in [2.05, 4.69) is 15.8 Å². The van der Waals surface area contributed by atoms with Crippen LogP contribution < -0.4 is 15.5 Å². The van der Waals surface area contributed by atoms with Crippen LogP contribution in [0.1, 0.15) is 26.5 Å². The Labute approximate surface area is 163 Å². The second kappa shape index (κ2) is 9.05. The van der Waals surface area contributed by atoms with Gasteiger partial charge in [-0.1, -0.05) is 38.1 Å². The van der Waals surface area contributed by atoms with Gasteiger partial charge in [0, 0.05) is 16.4 Å². The molecule has 2 amide bonds. The number of hydrogen-bond acceptors (Lipinski definition) is 5. The minimum Gasteiger partial charge on any atom is -0.338 e. The first kappa shape index (κ1) is 21.0. The molecular weight excluding hydrogens is 364 g/mol. The lowest BCUT2D eigenvalue weighted by atomic mass is 9.92. The quantitative estimate of drug-likeness (QED) is 0.626. The fourth-order valence-corrected chi connectivity index (χ4v) is 2.98. The fourth-order valence-electron chi connectivity index (χ4n) is 2.42. The molecule has 3 N–H and O–H groups in total. The minimum absolute atomic E-state index is 0.142. The molecule has 0 fully saturated rings. The molecule has 27 heavy (non-hydrogen) atoms. The van der Waals surface area contributed by atoms with Crippen molar-refractivity contribution in [3.63, 3.8) is 0 Å². The van der Waals surface area contributed by atoms with E-state index in [0.29, 0.717) is 5.88 Å². The Balaban J connectivity index is 1.84. The summed E-state index contributed by atoms with van der Waals surface area (Å²) in [4.78, 5) is 26.2. The fraction of sp³-hybridized carbons (Fsp3) is 0.421. The minimum atomic E-state index is -0.235. The lowest BCUT2D eigenvalue weighted by Gasteiger charge is -2.14. The predicted octanol–water partition coefficient (Wildman–Crippen LogP) is 1.79. The van der Waals surface area contributed by atoms with Crippen LogP contribution in [0.4, 0.5) is 11.6 Å². The number of anilines is 2. The van der Waals surface area contributed by atoms with Gasteiger partial charge in [0.25, 0.3) is 11.8 Å². The van der Waals surface area contributed by atoms with Crippen LogP contribution in [0.25, 0.3) is 0 Å². The Kier molecular flexibility index (Phi) is 7.04. The standard InChI is InChI=1S/C19H26N4O3S/c1-19(2,3)15-10-18(26-22-15)21-17(25)12-23(4)11-16(24)20-13-8-6-7-9-14(13)27-5/h6-10H,11-12H2,1-5H3,(H,20,24)(H,21,25)/p+1. The lowest BCUT2D eigenvalue weighted by molar-refractivity contribution is -0.862. The monoisotopic (exact) mass is 391 g/mol. The number of benzene rings is 1. The maximum Gasteiger partial charge on any atom is 0.281 e. The number of para-hydroxylation sites is 1. The van der Waals surface area contributed by atoms with Gasteiger partial charge in [-0.3, -0.25) is 14.9 Å². The number of quaternary nitrogens is 1. The summed E-state index contributed by atoms with van der Waals surface area (Å²) >= 11 is 1.57. The van der Waals surface area contributed by atoms with Gasteiger partial charge in [-0.2, -0.15) is 0 Å². The van der Waals surface area contributed by atoms with Gasteiger partial charge < -0.3 is 14.7 Å². The number of aromatic nitrogens is 1. The summed E-state index contributed by atoms with van der Waals surface area (Å²) in [6.45, 7) is 6.37. The molecule has 8 heteroatoms. The second-order valence-corrected chi connectivity index (χ2v) is 8.28. The molecule has 0 aliphatic carbocycles. The van der Waals surface area contributed by atoms with Gasteiger partial charge in [0.15, 0.2) is 13.1 Å². The molecule has 1 aromatic carbocycles. The zero-order valence-electron chi connectivity index (χ0n) is 16.4. The Morgan fingerprint density at radius 3 is 2.37 bits per heavy atom. The van der Waals surface area contributed by atoms with Crippen LogP contribution >= 0.6 is 11.8 Å². The SMILES string of the molecule is CSc1ccccc1NC(=O)C[NH+](C)CC(=O)Nc1cc(C(C)(C)C)no1. The van der Waals surface area contributed by atoms with Gasteiger partial charge in [0.1, 0.15) is 0 Å². The zero-order chi connectivity index (χ0) is 20.0. The predicted molar refractivity (Wildman–Crippen MR) is 107 cm³/mol. The average Bonchev–Trinajstić information content (AvgIpc) is 3.03. The molecule has 0 aliphatic rings. The first-order valence-electron chi connectivity index (χ1n) is 8.70. The number of amides is 2. The Morgan fingerprint density at radius 1 is 1.15 bits per heavy atom. The van der Waals surface area contributed by atoms with Crippen molar-refractivity contribution in [2.24, 2.45) is 0 Å². The summed E-state index contributed by atoms with van der Waals surface area (Å²) in [5, 5.41) is 9.55. The van der Waals surface area contributed by atoms with E-state index in [1.165, 1.54) is 0 Å². The number of hydrogen-bond donors (Lipinski definition) is 3. The molecule has 0 spiro atoms. The normalized spacial score (nSPS) is 12.5. The second-order valence-electron chi connectivity index (χ2n) is 7.43. The molecule has 1 heterocycles. The zero-order valence-corrected chi connectivity index (χ0v) is 17.2. The van der Waals surface area contributed by atoms with E-state index in [1.807, 2.05) is 51.3 Å². The summed E-state index contributed by atoms with van der Waals surface area (Å²) in [5.74, 6) is -0.0611. The number of carbonyl (C=O) groups excluding carboxylic acids is 2. The van der Waals surface area contributed by atoms with E-state index in [-0.39, 0.29) is 30.3 Å². The van der Waals surface area contributed by atoms with Crippen LogP contribution in [0.5, 0.6) is 0 Å². The van der Waals surface area contributed by atoms with Gasteiger partial charge >= 0.3 is 0 Å². The van der Waals surface area contributed by atoms with Crippen molar-refractivity contribution in [2.75, 3.05) is 37.0 Å². The number of rotatable bonds is 7. The van der Waals surface area contributed by atoms with Crippen molar-refractivity contribution in [1.82, 2.24) is 5.16 Å². The highest BCUT2D eigenvalue weighted by Crippen LogP contribution is 2.24. The van der Waals surface area contributed by atoms with Gasteiger partial charge in [-0.15, -0.1) is 11.8 Å². The van der Waals surface area contributed by atoms with E-state index in [9.17, 15) is 9.59 Å². The molecule has 146 valence electrons. The Hall–Kier alpha value is -2.32. The van der Waals surface area contributed by atoms with E-state index in [1.54, 1.807) is 24.9 Å². The maximum absolute atomic E-state index is 12.2. The van der Waals surface area contributed by atoms with E-state index in [4.69, 9.17) is 4.52 Å². The molecule has 0 bridgehead atoms. The highest BCUT2D eigenvalue weighted by Gasteiger charge is 2.21. The molecule has 0 aliphatic heterocycles. The van der Waals surface area contributed by atoms with Crippen molar-refractivity contribution in [3.8, 4) is 0 Å². The van der Waals surface area contributed by atoms with Crippen molar-refractivity contribution in [1.29, 1.82) is 0 Å². The molecule has 1 unspecified atom stereocenters. The molecule has 0 radical (unpaired) electrons. The van der Waals surface area contributed by atoms with Crippen LogP contribution in [0.3, 0.4) is 0 Å². The number of nitrogens with zero attached hydrogens (tertiary/aromatic N) is 1. The summed E-state index contributed by atoms with van der Waals surface area (Å²) in [5.41, 5.74) is 1.40.